The predicted octanol–water partition coefficient (Wildman–Crippen LogP) is 15.5. The average Bonchev–Trinajstić information content (AvgIpc) is 3.91. The van der Waals surface area contributed by atoms with Crippen molar-refractivity contribution in [3.8, 4) is 62.1 Å². The van der Waals surface area contributed by atoms with E-state index in [4.69, 9.17) is 19.4 Å². The van der Waals surface area contributed by atoms with E-state index in [1.54, 1.807) is 0 Å². The van der Waals surface area contributed by atoms with Gasteiger partial charge in [-0.15, -0.1) is 0 Å². The number of furan rings is 1. The monoisotopic (exact) mass is 816 g/mol. The highest BCUT2D eigenvalue weighted by molar-refractivity contribution is 6.23. The van der Waals surface area contributed by atoms with Crippen LogP contribution in [0.15, 0.2) is 223 Å². The molecule has 3 aromatic heterocycles. The molecular formula is C59H36N4O. The molecule has 13 rings (SSSR count). The van der Waals surface area contributed by atoms with Crippen molar-refractivity contribution in [2.45, 2.75) is 0 Å². The lowest BCUT2D eigenvalue weighted by Gasteiger charge is -2.13. The fraction of sp³-hybridized carbons (Fsp3) is 0. The van der Waals surface area contributed by atoms with Crippen molar-refractivity contribution in [3.63, 3.8) is 0 Å². The van der Waals surface area contributed by atoms with Crippen LogP contribution in [0, 0.1) is 0 Å². The van der Waals surface area contributed by atoms with E-state index in [9.17, 15) is 0 Å². The Morgan fingerprint density at radius 2 is 0.828 bits per heavy atom. The van der Waals surface area contributed by atoms with Crippen molar-refractivity contribution in [1.82, 2.24) is 19.5 Å². The Balaban J connectivity index is 1.02. The van der Waals surface area contributed by atoms with Gasteiger partial charge in [-0.05, 0) is 62.7 Å². The maximum absolute atomic E-state index is 7.09. The molecule has 0 radical (unpaired) electrons. The number of benzene rings is 10. The minimum atomic E-state index is 0.544. The summed E-state index contributed by atoms with van der Waals surface area (Å²) in [6.07, 6.45) is 0. The van der Waals surface area contributed by atoms with Crippen LogP contribution in [0.3, 0.4) is 0 Å². The van der Waals surface area contributed by atoms with Gasteiger partial charge >= 0.3 is 0 Å². The maximum atomic E-state index is 7.09. The van der Waals surface area contributed by atoms with Crippen LogP contribution in [0.1, 0.15) is 0 Å². The second-order valence-electron chi connectivity index (χ2n) is 16.4. The molecule has 0 saturated heterocycles. The van der Waals surface area contributed by atoms with E-state index in [2.05, 4.69) is 211 Å². The van der Waals surface area contributed by atoms with Crippen molar-refractivity contribution in [2.24, 2.45) is 0 Å². The van der Waals surface area contributed by atoms with Gasteiger partial charge in [-0.2, -0.15) is 0 Å². The molecule has 0 aliphatic heterocycles. The largest absolute Gasteiger partial charge is 0.455 e. The Labute approximate surface area is 368 Å². The van der Waals surface area contributed by atoms with E-state index in [1.807, 2.05) is 12.1 Å². The summed E-state index contributed by atoms with van der Waals surface area (Å²) in [6.45, 7) is 0. The van der Waals surface area contributed by atoms with Crippen molar-refractivity contribution in [1.29, 1.82) is 0 Å². The molecule has 5 heteroatoms. The van der Waals surface area contributed by atoms with E-state index >= 15 is 0 Å². The maximum Gasteiger partial charge on any atom is 0.167 e. The number of para-hydroxylation sites is 2. The van der Waals surface area contributed by atoms with Crippen LogP contribution in [-0.4, -0.2) is 19.5 Å². The lowest BCUT2D eigenvalue weighted by Crippen LogP contribution is -2.00. The smallest absolute Gasteiger partial charge is 0.167 e. The SMILES string of the molecule is c1ccc(-c2ccc(-c3nc(-c4ccc(-c5ccccc5)cc4)nc(-c4cccc5c4oc4cc(-n6c7ccccc7c7cc8ccccc8cc76)c6ccccc6c45)n3)cc2)cc1. The third-order valence-electron chi connectivity index (χ3n) is 12.6. The summed E-state index contributed by atoms with van der Waals surface area (Å²) in [6, 6.07) is 76.8. The van der Waals surface area contributed by atoms with Gasteiger partial charge in [-0.1, -0.05) is 188 Å². The van der Waals surface area contributed by atoms with E-state index in [1.165, 1.54) is 21.5 Å². The quantitative estimate of drug-likeness (QED) is 0.168. The number of aromatic nitrogens is 4. The minimum Gasteiger partial charge on any atom is -0.455 e. The molecule has 0 spiro atoms. The van der Waals surface area contributed by atoms with E-state index in [-0.39, 0.29) is 0 Å². The van der Waals surface area contributed by atoms with Gasteiger partial charge in [-0.25, -0.2) is 15.0 Å². The molecule has 10 aromatic carbocycles. The number of rotatable bonds is 6. The number of nitrogens with zero attached hydrogens (tertiary/aromatic N) is 4. The molecule has 3 heterocycles. The van der Waals surface area contributed by atoms with Crippen LogP contribution in [-0.2, 0) is 0 Å². The molecule has 0 N–H and O–H groups in total. The van der Waals surface area contributed by atoms with Crippen LogP contribution >= 0.6 is 0 Å². The zero-order chi connectivity index (χ0) is 42.1. The van der Waals surface area contributed by atoms with Gasteiger partial charge in [-0.3, -0.25) is 0 Å². The van der Waals surface area contributed by atoms with Gasteiger partial charge in [0, 0.05) is 44.1 Å². The highest BCUT2D eigenvalue weighted by Crippen LogP contribution is 2.44. The highest BCUT2D eigenvalue weighted by Gasteiger charge is 2.22. The molecule has 0 fully saturated rings. The Morgan fingerprint density at radius 1 is 0.328 bits per heavy atom. The fourth-order valence-electron chi connectivity index (χ4n) is 9.56. The molecule has 5 nitrogen and oxygen atoms in total. The summed E-state index contributed by atoms with van der Waals surface area (Å²) in [5, 5.41) is 9.18. The van der Waals surface area contributed by atoms with E-state index in [0.29, 0.717) is 17.5 Å². The number of hydrogen-bond donors (Lipinski definition) is 0. The molecule has 0 aliphatic carbocycles. The van der Waals surface area contributed by atoms with Crippen LogP contribution in [0.2, 0.25) is 0 Å². The summed E-state index contributed by atoms with van der Waals surface area (Å²) in [5.74, 6) is 1.72. The summed E-state index contributed by atoms with van der Waals surface area (Å²) < 4.78 is 9.49. The van der Waals surface area contributed by atoms with Crippen LogP contribution < -0.4 is 0 Å². The molecule has 0 atom stereocenters. The molecule has 0 saturated carbocycles. The fourth-order valence-corrected chi connectivity index (χ4v) is 9.56. The van der Waals surface area contributed by atoms with E-state index < -0.39 is 0 Å². The summed E-state index contributed by atoms with van der Waals surface area (Å²) in [7, 11) is 0. The molecule has 0 amide bonds. The molecule has 64 heavy (non-hydrogen) atoms. The van der Waals surface area contributed by atoms with Gasteiger partial charge in [0.1, 0.15) is 11.2 Å². The molecule has 0 unspecified atom stereocenters. The standard InChI is InChI=1S/C59H36N4O/c1-3-14-37(15-4-1)39-26-30-41(31-27-39)57-60-58(42-32-28-40(29-33-42)38-16-5-2-6-17-38)62-59(61-57)49-24-13-23-48-55-47-22-10-9-20-45(47)53(36-54(55)64-56(48)49)63-51-25-12-11-21-46(51)50-34-43-18-7-8-19-44(43)35-52(50)63/h1-36H. The van der Waals surface area contributed by atoms with E-state index in [0.717, 1.165) is 88.4 Å². The second kappa shape index (κ2) is 14.5. The topological polar surface area (TPSA) is 56.7 Å². The second-order valence-corrected chi connectivity index (χ2v) is 16.4. The number of hydrogen-bond acceptors (Lipinski definition) is 4. The first-order chi connectivity index (χ1) is 31.7. The van der Waals surface area contributed by atoms with Crippen molar-refractivity contribution in [2.75, 3.05) is 0 Å². The van der Waals surface area contributed by atoms with Crippen molar-refractivity contribution >= 4 is 65.3 Å². The summed E-state index contributed by atoms with van der Waals surface area (Å²) in [5.41, 5.74) is 12.1. The first-order valence-corrected chi connectivity index (χ1v) is 21.6. The lowest BCUT2D eigenvalue weighted by molar-refractivity contribution is 0.669. The molecule has 0 aliphatic rings. The lowest BCUT2D eigenvalue weighted by atomic mass is 10.0. The Hall–Kier alpha value is -8.67. The molecule has 298 valence electrons. The Morgan fingerprint density at radius 3 is 1.48 bits per heavy atom. The van der Waals surface area contributed by atoms with Gasteiger partial charge in [0.05, 0.1) is 22.3 Å². The minimum absolute atomic E-state index is 0.544. The third-order valence-corrected chi connectivity index (χ3v) is 12.6. The zero-order valence-corrected chi connectivity index (χ0v) is 34.5. The summed E-state index contributed by atoms with van der Waals surface area (Å²) in [4.78, 5) is 15.6. The van der Waals surface area contributed by atoms with Crippen molar-refractivity contribution < 1.29 is 4.42 Å². The average molecular weight is 817 g/mol. The zero-order valence-electron chi connectivity index (χ0n) is 34.5. The predicted molar refractivity (Wildman–Crippen MR) is 264 cm³/mol. The Bertz CT molecular complexity index is 3830. The van der Waals surface area contributed by atoms with Gasteiger partial charge in [0.15, 0.2) is 17.5 Å². The van der Waals surface area contributed by atoms with Crippen LogP contribution in [0.4, 0.5) is 0 Å². The number of fused-ring (bicyclic) bond motifs is 9. The van der Waals surface area contributed by atoms with Gasteiger partial charge in [0.2, 0.25) is 0 Å². The molecule has 13 aromatic rings. The summed E-state index contributed by atoms with van der Waals surface area (Å²) >= 11 is 0. The van der Waals surface area contributed by atoms with Crippen LogP contribution in [0.5, 0.6) is 0 Å². The third kappa shape index (κ3) is 5.83. The molecular weight excluding hydrogens is 781 g/mol. The normalized spacial score (nSPS) is 11.8. The van der Waals surface area contributed by atoms with Crippen LogP contribution in [0.25, 0.3) is 127 Å². The van der Waals surface area contributed by atoms with Crippen molar-refractivity contribution in [3.05, 3.63) is 218 Å². The Kier molecular flexibility index (Phi) is 8.15. The first kappa shape index (κ1) is 36.0. The first-order valence-electron chi connectivity index (χ1n) is 21.6. The van der Waals surface area contributed by atoms with Gasteiger partial charge in [0.25, 0.3) is 0 Å². The highest BCUT2D eigenvalue weighted by atomic mass is 16.3. The molecule has 0 bridgehead atoms. The van der Waals surface area contributed by atoms with Gasteiger partial charge < -0.3 is 8.98 Å².